The molecule has 3 rings (SSSR count). The van der Waals surface area contributed by atoms with Gasteiger partial charge in [-0.2, -0.15) is 0 Å². The molecular formula is C19H20N2O4. The van der Waals surface area contributed by atoms with E-state index in [0.29, 0.717) is 23.6 Å². The van der Waals surface area contributed by atoms with Crippen molar-refractivity contribution in [3.8, 4) is 11.5 Å². The number of para-hydroxylation sites is 1. The summed E-state index contributed by atoms with van der Waals surface area (Å²) in [4.78, 5) is 26.4. The Morgan fingerprint density at radius 3 is 2.48 bits per heavy atom. The molecule has 1 heterocycles. The number of nitrogens with one attached hydrogen (secondary N) is 1. The van der Waals surface area contributed by atoms with Crippen LogP contribution in [-0.4, -0.2) is 38.6 Å². The number of amides is 2. The minimum Gasteiger partial charge on any atom is -0.493 e. The van der Waals surface area contributed by atoms with Gasteiger partial charge in [0.25, 0.3) is 5.91 Å². The van der Waals surface area contributed by atoms with Crippen molar-refractivity contribution in [3.63, 3.8) is 0 Å². The Kier molecular flexibility index (Phi) is 4.88. The first-order valence-corrected chi connectivity index (χ1v) is 8.00. The molecule has 6 nitrogen and oxygen atoms in total. The predicted molar refractivity (Wildman–Crippen MR) is 94.2 cm³/mol. The zero-order chi connectivity index (χ0) is 17.8. The standard InChI is InChI=1S/C19H20N2O4/c1-24-16-9-8-13(10-17(16)25-2)19(23)20-14-11-18(22)21(12-14)15-6-4-3-5-7-15/h3-10,14H,11-12H2,1-2H3,(H,20,23)/t14-/m1/s1. The van der Waals surface area contributed by atoms with Crippen molar-refractivity contribution < 1.29 is 19.1 Å². The summed E-state index contributed by atoms with van der Waals surface area (Å²) in [7, 11) is 3.06. The molecule has 0 aliphatic carbocycles. The van der Waals surface area contributed by atoms with Crippen molar-refractivity contribution in [3.05, 3.63) is 54.1 Å². The summed E-state index contributed by atoms with van der Waals surface area (Å²) < 4.78 is 10.4. The number of rotatable bonds is 5. The highest BCUT2D eigenvalue weighted by Gasteiger charge is 2.31. The van der Waals surface area contributed by atoms with Crippen LogP contribution < -0.4 is 19.7 Å². The van der Waals surface area contributed by atoms with Crippen LogP contribution in [0.3, 0.4) is 0 Å². The van der Waals surface area contributed by atoms with E-state index < -0.39 is 0 Å². The second kappa shape index (κ2) is 7.25. The molecule has 0 bridgehead atoms. The van der Waals surface area contributed by atoms with Crippen molar-refractivity contribution in [1.82, 2.24) is 5.32 Å². The summed E-state index contributed by atoms with van der Waals surface area (Å²) in [6.07, 6.45) is 0.286. The fourth-order valence-electron chi connectivity index (χ4n) is 2.91. The molecule has 1 saturated heterocycles. The van der Waals surface area contributed by atoms with Gasteiger partial charge >= 0.3 is 0 Å². The van der Waals surface area contributed by atoms with Crippen molar-refractivity contribution in [2.24, 2.45) is 0 Å². The molecule has 0 aromatic heterocycles. The van der Waals surface area contributed by atoms with Crippen molar-refractivity contribution in [2.45, 2.75) is 12.5 Å². The van der Waals surface area contributed by atoms with E-state index in [-0.39, 0.29) is 24.3 Å². The number of nitrogens with zero attached hydrogens (tertiary/aromatic N) is 1. The quantitative estimate of drug-likeness (QED) is 0.906. The molecular weight excluding hydrogens is 320 g/mol. The average molecular weight is 340 g/mol. The first kappa shape index (κ1) is 16.8. The Hall–Kier alpha value is -3.02. The Morgan fingerprint density at radius 2 is 1.80 bits per heavy atom. The zero-order valence-electron chi connectivity index (χ0n) is 14.2. The largest absolute Gasteiger partial charge is 0.493 e. The fraction of sp³-hybridized carbons (Fsp3) is 0.263. The molecule has 0 saturated carbocycles. The molecule has 0 radical (unpaired) electrons. The monoisotopic (exact) mass is 340 g/mol. The minimum absolute atomic E-state index is 0.00353. The van der Waals surface area contributed by atoms with Crippen LogP contribution in [0.25, 0.3) is 0 Å². The minimum atomic E-state index is -0.242. The second-order valence-corrected chi connectivity index (χ2v) is 5.78. The number of hydrogen-bond donors (Lipinski definition) is 1. The van der Waals surface area contributed by atoms with Gasteiger partial charge < -0.3 is 19.7 Å². The third kappa shape index (κ3) is 3.57. The predicted octanol–water partition coefficient (Wildman–Crippen LogP) is 2.24. The van der Waals surface area contributed by atoms with Gasteiger partial charge in [0.2, 0.25) is 5.91 Å². The Bertz CT molecular complexity index is 776. The maximum absolute atomic E-state index is 12.5. The Morgan fingerprint density at radius 1 is 1.08 bits per heavy atom. The van der Waals surface area contributed by atoms with E-state index in [0.717, 1.165) is 5.69 Å². The number of methoxy groups -OCH3 is 2. The zero-order valence-corrected chi connectivity index (χ0v) is 14.2. The van der Waals surface area contributed by atoms with Gasteiger partial charge in [-0.05, 0) is 30.3 Å². The lowest BCUT2D eigenvalue weighted by Crippen LogP contribution is -2.37. The molecule has 2 amide bonds. The van der Waals surface area contributed by atoms with Crippen molar-refractivity contribution >= 4 is 17.5 Å². The average Bonchev–Trinajstić information content (AvgIpc) is 3.01. The summed E-state index contributed by atoms with van der Waals surface area (Å²) in [6.45, 7) is 0.460. The number of benzene rings is 2. The molecule has 1 aliphatic rings. The molecule has 0 unspecified atom stereocenters. The topological polar surface area (TPSA) is 67.9 Å². The van der Waals surface area contributed by atoms with Crippen LogP contribution in [0.4, 0.5) is 5.69 Å². The Balaban J connectivity index is 1.69. The summed E-state index contributed by atoms with van der Waals surface area (Å²) in [5.74, 6) is 0.811. The van der Waals surface area contributed by atoms with Gasteiger partial charge in [-0.3, -0.25) is 9.59 Å². The Labute approximate surface area is 146 Å². The third-order valence-electron chi connectivity index (χ3n) is 4.17. The molecule has 2 aromatic carbocycles. The molecule has 130 valence electrons. The van der Waals surface area contributed by atoms with Crippen LogP contribution in [0.15, 0.2) is 48.5 Å². The number of anilines is 1. The summed E-state index contributed by atoms with van der Waals surface area (Å²) in [6, 6.07) is 14.2. The maximum atomic E-state index is 12.5. The SMILES string of the molecule is COc1ccc(C(=O)N[C@@H]2CC(=O)N(c3ccccc3)C2)cc1OC. The molecule has 0 spiro atoms. The molecule has 2 aromatic rings. The number of carbonyl (C=O) groups excluding carboxylic acids is 2. The van der Waals surface area contributed by atoms with Crippen LogP contribution in [-0.2, 0) is 4.79 Å². The van der Waals surface area contributed by atoms with E-state index in [2.05, 4.69) is 5.32 Å². The first-order chi connectivity index (χ1) is 12.1. The highest BCUT2D eigenvalue weighted by atomic mass is 16.5. The molecule has 1 aliphatic heterocycles. The van der Waals surface area contributed by atoms with E-state index in [1.807, 2.05) is 30.3 Å². The smallest absolute Gasteiger partial charge is 0.251 e. The van der Waals surface area contributed by atoms with E-state index >= 15 is 0 Å². The molecule has 1 atom stereocenters. The second-order valence-electron chi connectivity index (χ2n) is 5.78. The summed E-state index contributed by atoms with van der Waals surface area (Å²) >= 11 is 0. The van der Waals surface area contributed by atoms with Gasteiger partial charge in [0, 0.05) is 24.2 Å². The van der Waals surface area contributed by atoms with E-state index in [4.69, 9.17) is 9.47 Å². The number of carbonyl (C=O) groups is 2. The van der Waals surface area contributed by atoms with Crippen molar-refractivity contribution in [1.29, 1.82) is 0 Å². The van der Waals surface area contributed by atoms with Crippen LogP contribution >= 0.6 is 0 Å². The highest BCUT2D eigenvalue weighted by molar-refractivity contribution is 5.99. The van der Waals surface area contributed by atoms with E-state index in [9.17, 15) is 9.59 Å². The van der Waals surface area contributed by atoms with Gasteiger partial charge in [-0.25, -0.2) is 0 Å². The number of ether oxygens (including phenoxy) is 2. The van der Waals surface area contributed by atoms with Crippen LogP contribution in [0.5, 0.6) is 11.5 Å². The van der Waals surface area contributed by atoms with E-state index in [1.54, 1.807) is 30.2 Å². The summed E-state index contributed by atoms with van der Waals surface area (Å²) in [5.41, 5.74) is 1.30. The lowest BCUT2D eigenvalue weighted by molar-refractivity contribution is -0.117. The van der Waals surface area contributed by atoms with E-state index in [1.165, 1.54) is 7.11 Å². The molecule has 6 heteroatoms. The van der Waals surface area contributed by atoms with Gasteiger partial charge in [0.15, 0.2) is 11.5 Å². The van der Waals surface area contributed by atoms with Crippen molar-refractivity contribution in [2.75, 3.05) is 25.7 Å². The normalized spacial score (nSPS) is 16.6. The van der Waals surface area contributed by atoms with Crippen LogP contribution in [0.1, 0.15) is 16.8 Å². The van der Waals surface area contributed by atoms with Gasteiger partial charge in [-0.1, -0.05) is 18.2 Å². The molecule has 1 fully saturated rings. The number of hydrogen-bond acceptors (Lipinski definition) is 4. The lowest BCUT2D eigenvalue weighted by atomic mass is 10.1. The third-order valence-corrected chi connectivity index (χ3v) is 4.17. The fourth-order valence-corrected chi connectivity index (χ4v) is 2.91. The van der Waals surface area contributed by atoms with Gasteiger partial charge in [-0.15, -0.1) is 0 Å². The van der Waals surface area contributed by atoms with Gasteiger partial charge in [0.1, 0.15) is 0 Å². The lowest BCUT2D eigenvalue weighted by Gasteiger charge is -2.17. The highest BCUT2D eigenvalue weighted by Crippen LogP contribution is 2.28. The maximum Gasteiger partial charge on any atom is 0.251 e. The van der Waals surface area contributed by atoms with Crippen LogP contribution in [0.2, 0.25) is 0 Å². The first-order valence-electron chi connectivity index (χ1n) is 8.00. The molecule has 25 heavy (non-hydrogen) atoms. The van der Waals surface area contributed by atoms with Gasteiger partial charge in [0.05, 0.1) is 20.3 Å². The molecule has 1 N–H and O–H groups in total. The summed E-state index contributed by atoms with van der Waals surface area (Å²) in [5, 5.41) is 2.92. The van der Waals surface area contributed by atoms with Crippen LogP contribution in [0, 0.1) is 0 Å².